The normalized spacial score (nSPS) is 11.0. The second kappa shape index (κ2) is 7.70. The first-order chi connectivity index (χ1) is 12.2. The summed E-state index contributed by atoms with van der Waals surface area (Å²) in [6, 6.07) is 7.79. The van der Waals surface area contributed by atoms with Gasteiger partial charge in [-0.05, 0) is 37.1 Å². The van der Waals surface area contributed by atoms with Crippen molar-refractivity contribution in [2.45, 2.75) is 26.7 Å². The number of fused-ring (bicyclic) bond motifs is 1. The Labute approximate surface area is 151 Å². The Balaban J connectivity index is 1.92. The number of thiazole rings is 1. The lowest BCUT2D eigenvalue weighted by Gasteiger charge is -2.20. The minimum atomic E-state index is 0.0774. The van der Waals surface area contributed by atoms with Gasteiger partial charge in [-0.2, -0.15) is 0 Å². The van der Waals surface area contributed by atoms with Crippen molar-refractivity contribution in [2.24, 2.45) is 0 Å². The van der Waals surface area contributed by atoms with Gasteiger partial charge in [-0.25, -0.2) is 4.98 Å². The van der Waals surface area contributed by atoms with Gasteiger partial charge in [0.1, 0.15) is 11.4 Å². The number of imidazole rings is 1. The maximum atomic E-state index is 12.9. The van der Waals surface area contributed by atoms with Crippen molar-refractivity contribution >= 4 is 22.2 Å². The number of benzene rings is 1. The Bertz CT molecular complexity index is 845. The number of ether oxygens (including phenoxy) is 1. The van der Waals surface area contributed by atoms with Crippen LogP contribution in [0.5, 0.6) is 5.75 Å². The minimum absolute atomic E-state index is 0.0774. The molecule has 0 aliphatic rings. The number of amides is 1. The van der Waals surface area contributed by atoms with Crippen LogP contribution < -0.4 is 4.74 Å². The van der Waals surface area contributed by atoms with Crippen molar-refractivity contribution in [2.75, 3.05) is 20.2 Å². The van der Waals surface area contributed by atoms with Crippen LogP contribution in [-0.2, 0) is 0 Å². The number of methoxy groups -OCH3 is 1. The fourth-order valence-electron chi connectivity index (χ4n) is 2.86. The van der Waals surface area contributed by atoms with Gasteiger partial charge in [-0.1, -0.05) is 13.8 Å². The van der Waals surface area contributed by atoms with Crippen LogP contribution in [0.4, 0.5) is 0 Å². The van der Waals surface area contributed by atoms with Gasteiger partial charge in [-0.3, -0.25) is 9.20 Å². The van der Waals surface area contributed by atoms with E-state index in [0.29, 0.717) is 5.69 Å². The molecule has 0 N–H and O–H groups in total. The van der Waals surface area contributed by atoms with Crippen molar-refractivity contribution in [3.63, 3.8) is 0 Å². The molecule has 0 saturated heterocycles. The molecule has 1 aromatic carbocycles. The number of hydrogen-bond donors (Lipinski definition) is 0. The third-order valence-electron chi connectivity index (χ3n) is 4.09. The molecule has 5 nitrogen and oxygen atoms in total. The van der Waals surface area contributed by atoms with Crippen molar-refractivity contribution < 1.29 is 9.53 Å². The Kier molecular flexibility index (Phi) is 5.38. The van der Waals surface area contributed by atoms with E-state index in [0.717, 1.165) is 47.9 Å². The second-order valence-electron chi connectivity index (χ2n) is 5.92. The zero-order valence-electron chi connectivity index (χ0n) is 14.9. The molecule has 132 valence electrons. The molecule has 0 fully saturated rings. The molecule has 3 aromatic rings. The highest BCUT2D eigenvalue weighted by atomic mass is 32.1. The van der Waals surface area contributed by atoms with Gasteiger partial charge < -0.3 is 9.64 Å². The smallest absolute Gasteiger partial charge is 0.271 e. The van der Waals surface area contributed by atoms with Crippen molar-refractivity contribution in [1.82, 2.24) is 14.3 Å². The molecule has 0 spiro atoms. The number of carbonyl (C=O) groups is 1. The third-order valence-corrected chi connectivity index (χ3v) is 4.93. The van der Waals surface area contributed by atoms with Crippen LogP contribution in [0.3, 0.4) is 0 Å². The lowest BCUT2D eigenvalue weighted by Crippen LogP contribution is -2.33. The number of hydrogen-bond acceptors (Lipinski definition) is 4. The van der Waals surface area contributed by atoms with Gasteiger partial charge in [0.05, 0.1) is 12.8 Å². The summed E-state index contributed by atoms with van der Waals surface area (Å²) in [5.41, 5.74) is 2.56. The summed E-state index contributed by atoms with van der Waals surface area (Å²) in [4.78, 5) is 20.3. The number of nitrogens with zero attached hydrogens (tertiary/aromatic N) is 3. The van der Waals surface area contributed by atoms with Gasteiger partial charge in [0.15, 0.2) is 4.96 Å². The highest BCUT2D eigenvalue weighted by Gasteiger charge is 2.20. The quantitative estimate of drug-likeness (QED) is 0.632. The average Bonchev–Trinajstić information content (AvgIpc) is 3.21. The van der Waals surface area contributed by atoms with Crippen LogP contribution in [0.1, 0.15) is 37.2 Å². The standard InChI is InChI=1S/C19H23N3O2S/c1-4-10-21(11-5-2)18(23)17-13-25-19-20-16(12-22(17)19)14-6-8-15(24-3)9-7-14/h6-9,12-13H,4-5,10-11H2,1-3H3. The lowest BCUT2D eigenvalue weighted by molar-refractivity contribution is 0.0749. The van der Waals surface area contributed by atoms with Gasteiger partial charge in [0.2, 0.25) is 0 Å². The molecular weight excluding hydrogens is 334 g/mol. The first kappa shape index (κ1) is 17.5. The van der Waals surface area contributed by atoms with Crippen molar-refractivity contribution in [1.29, 1.82) is 0 Å². The van der Waals surface area contributed by atoms with E-state index in [2.05, 4.69) is 18.8 Å². The van der Waals surface area contributed by atoms with Crippen LogP contribution in [0, 0.1) is 0 Å². The second-order valence-corrected chi connectivity index (χ2v) is 6.76. The summed E-state index contributed by atoms with van der Waals surface area (Å²) in [5.74, 6) is 0.893. The summed E-state index contributed by atoms with van der Waals surface area (Å²) in [5, 5.41) is 1.90. The Morgan fingerprint density at radius 3 is 2.48 bits per heavy atom. The first-order valence-corrected chi connectivity index (χ1v) is 9.46. The summed E-state index contributed by atoms with van der Waals surface area (Å²) >= 11 is 1.50. The van der Waals surface area contributed by atoms with E-state index >= 15 is 0 Å². The minimum Gasteiger partial charge on any atom is -0.497 e. The Hall–Kier alpha value is -2.34. The van der Waals surface area contributed by atoms with Crippen molar-refractivity contribution in [3.8, 4) is 17.0 Å². The predicted molar refractivity (Wildman–Crippen MR) is 102 cm³/mol. The Morgan fingerprint density at radius 1 is 1.20 bits per heavy atom. The van der Waals surface area contributed by atoms with Gasteiger partial charge in [0.25, 0.3) is 5.91 Å². The molecule has 6 heteroatoms. The van der Waals surface area contributed by atoms with Crippen LogP contribution in [-0.4, -0.2) is 40.4 Å². The van der Waals surface area contributed by atoms with Gasteiger partial charge >= 0.3 is 0 Å². The number of aromatic nitrogens is 2. The molecule has 0 bridgehead atoms. The van der Waals surface area contributed by atoms with Crippen LogP contribution >= 0.6 is 11.3 Å². The zero-order chi connectivity index (χ0) is 17.8. The van der Waals surface area contributed by atoms with Crippen molar-refractivity contribution in [3.05, 3.63) is 41.5 Å². The molecular formula is C19H23N3O2S. The Morgan fingerprint density at radius 2 is 1.88 bits per heavy atom. The first-order valence-electron chi connectivity index (χ1n) is 8.58. The maximum absolute atomic E-state index is 12.9. The maximum Gasteiger partial charge on any atom is 0.271 e. The van der Waals surface area contributed by atoms with Crippen LogP contribution in [0.25, 0.3) is 16.2 Å². The molecule has 2 aromatic heterocycles. The van der Waals surface area contributed by atoms with E-state index in [1.165, 1.54) is 11.3 Å². The largest absolute Gasteiger partial charge is 0.497 e. The lowest BCUT2D eigenvalue weighted by atomic mass is 10.2. The molecule has 0 saturated carbocycles. The van der Waals surface area contributed by atoms with Gasteiger partial charge in [0, 0.05) is 30.2 Å². The average molecular weight is 357 g/mol. The highest BCUT2D eigenvalue weighted by molar-refractivity contribution is 7.15. The summed E-state index contributed by atoms with van der Waals surface area (Å²) in [6.07, 6.45) is 3.86. The summed E-state index contributed by atoms with van der Waals surface area (Å²) in [7, 11) is 1.65. The molecule has 0 radical (unpaired) electrons. The fourth-order valence-corrected chi connectivity index (χ4v) is 3.70. The molecule has 0 unspecified atom stereocenters. The number of carbonyl (C=O) groups excluding carboxylic acids is 1. The third kappa shape index (κ3) is 3.54. The molecule has 2 heterocycles. The van der Waals surface area contributed by atoms with Crippen LogP contribution in [0.2, 0.25) is 0 Å². The monoisotopic (exact) mass is 357 g/mol. The molecule has 3 rings (SSSR count). The van der Waals surface area contributed by atoms with E-state index in [9.17, 15) is 4.79 Å². The summed E-state index contributed by atoms with van der Waals surface area (Å²) in [6.45, 7) is 5.75. The van der Waals surface area contributed by atoms with Crippen LogP contribution in [0.15, 0.2) is 35.8 Å². The van der Waals surface area contributed by atoms with E-state index in [1.54, 1.807) is 7.11 Å². The van der Waals surface area contributed by atoms with E-state index in [-0.39, 0.29) is 5.91 Å². The molecule has 0 atom stereocenters. The predicted octanol–water partition coefficient (Wildman–Crippen LogP) is 4.33. The SMILES string of the molecule is CCCN(CCC)C(=O)c1csc2nc(-c3ccc(OC)cc3)cn12. The fraction of sp³-hybridized carbons (Fsp3) is 0.368. The van der Waals surface area contributed by atoms with E-state index in [4.69, 9.17) is 4.74 Å². The van der Waals surface area contributed by atoms with Gasteiger partial charge in [-0.15, -0.1) is 11.3 Å². The topological polar surface area (TPSA) is 46.8 Å². The number of rotatable bonds is 7. The molecule has 25 heavy (non-hydrogen) atoms. The molecule has 0 aliphatic heterocycles. The zero-order valence-corrected chi connectivity index (χ0v) is 15.7. The highest BCUT2D eigenvalue weighted by Crippen LogP contribution is 2.26. The summed E-state index contributed by atoms with van der Waals surface area (Å²) < 4.78 is 7.11. The molecule has 1 amide bonds. The van der Waals surface area contributed by atoms with E-state index in [1.807, 2.05) is 45.1 Å². The molecule has 0 aliphatic carbocycles. The van der Waals surface area contributed by atoms with E-state index < -0.39 is 0 Å².